The zero-order chi connectivity index (χ0) is 21.0. The lowest BCUT2D eigenvalue weighted by atomic mass is 10.1. The summed E-state index contributed by atoms with van der Waals surface area (Å²) in [6, 6.07) is 4.76. The largest absolute Gasteiger partial charge is 0.497 e. The van der Waals surface area contributed by atoms with Gasteiger partial charge in [-0.1, -0.05) is 0 Å². The third-order valence-electron chi connectivity index (χ3n) is 4.02. The van der Waals surface area contributed by atoms with Crippen molar-refractivity contribution in [3.8, 4) is 11.5 Å². The molecule has 9 heteroatoms. The van der Waals surface area contributed by atoms with Crippen LogP contribution in [0.1, 0.15) is 36.0 Å². The first kappa shape index (κ1) is 21.2. The van der Waals surface area contributed by atoms with Crippen LogP contribution in [0, 0.1) is 6.92 Å². The Hall–Kier alpha value is -3.07. The first-order chi connectivity index (χ1) is 13.2. The molecule has 8 nitrogen and oxygen atoms in total. The molecule has 2 aromatic rings. The van der Waals surface area contributed by atoms with Crippen molar-refractivity contribution in [1.82, 2.24) is 4.90 Å². The minimum atomic E-state index is -0.636. The monoisotopic (exact) mass is 406 g/mol. The first-order valence-corrected chi connectivity index (χ1v) is 9.03. The number of thiophene rings is 1. The van der Waals surface area contributed by atoms with Gasteiger partial charge in [0.15, 0.2) is 0 Å². The van der Waals surface area contributed by atoms with Gasteiger partial charge in [0.1, 0.15) is 16.5 Å². The highest BCUT2D eigenvalue weighted by atomic mass is 32.1. The summed E-state index contributed by atoms with van der Waals surface area (Å²) in [4.78, 5) is 39.2. The lowest BCUT2D eigenvalue weighted by Gasteiger charge is -2.11. The van der Waals surface area contributed by atoms with Crippen LogP contribution in [0.5, 0.6) is 11.5 Å². The van der Waals surface area contributed by atoms with E-state index in [4.69, 9.17) is 14.2 Å². The number of hydrogen-bond acceptors (Lipinski definition) is 7. The second-order valence-corrected chi connectivity index (χ2v) is 6.99. The number of anilines is 1. The summed E-state index contributed by atoms with van der Waals surface area (Å²) < 4.78 is 15.2. The highest BCUT2D eigenvalue weighted by molar-refractivity contribution is 7.18. The first-order valence-electron chi connectivity index (χ1n) is 8.21. The van der Waals surface area contributed by atoms with E-state index in [9.17, 15) is 14.4 Å². The van der Waals surface area contributed by atoms with Gasteiger partial charge in [-0.3, -0.25) is 9.59 Å². The van der Waals surface area contributed by atoms with Crippen molar-refractivity contribution in [2.24, 2.45) is 0 Å². The third-order valence-corrected chi connectivity index (χ3v) is 5.21. The molecule has 0 spiro atoms. The van der Waals surface area contributed by atoms with E-state index < -0.39 is 11.9 Å². The number of carbonyl (C=O) groups is 3. The molecule has 0 atom stereocenters. The number of methoxy groups -OCH3 is 3. The fourth-order valence-corrected chi connectivity index (χ4v) is 3.72. The normalized spacial score (nSPS) is 10.2. The second-order valence-electron chi connectivity index (χ2n) is 5.97. The topological polar surface area (TPSA) is 94.2 Å². The predicted octanol–water partition coefficient (Wildman–Crippen LogP) is 2.81. The van der Waals surface area contributed by atoms with E-state index in [1.54, 1.807) is 39.2 Å². The summed E-state index contributed by atoms with van der Waals surface area (Å²) in [5, 5.41) is 2.93. The number of carbonyl (C=O) groups excluding carboxylic acids is 3. The van der Waals surface area contributed by atoms with Gasteiger partial charge in [-0.15, -0.1) is 11.3 Å². The Balaban J connectivity index is 2.48. The molecule has 0 aliphatic heterocycles. The Morgan fingerprint density at radius 3 is 2.29 bits per heavy atom. The molecule has 0 fully saturated rings. The van der Waals surface area contributed by atoms with Crippen molar-refractivity contribution >= 4 is 34.1 Å². The quantitative estimate of drug-likeness (QED) is 0.742. The number of hydrogen-bond donors (Lipinski definition) is 1. The molecular weight excluding hydrogens is 384 g/mol. The summed E-state index contributed by atoms with van der Waals surface area (Å²) in [7, 11) is 7.41. The Bertz CT molecular complexity index is 919. The molecule has 0 aliphatic carbocycles. The number of benzene rings is 1. The number of nitrogens with zero attached hydrogens (tertiary/aromatic N) is 1. The van der Waals surface area contributed by atoms with E-state index in [1.165, 1.54) is 26.2 Å². The van der Waals surface area contributed by atoms with E-state index in [0.29, 0.717) is 21.9 Å². The van der Waals surface area contributed by atoms with Gasteiger partial charge in [-0.05, 0) is 24.6 Å². The Kier molecular flexibility index (Phi) is 6.63. The lowest BCUT2D eigenvalue weighted by molar-refractivity contribution is 0.0601. The molecule has 1 aromatic carbocycles. The number of amides is 2. The van der Waals surface area contributed by atoms with Crippen LogP contribution < -0.4 is 14.8 Å². The maximum Gasteiger partial charge on any atom is 0.341 e. The van der Waals surface area contributed by atoms with Crippen LogP contribution in [0.25, 0.3) is 0 Å². The molecule has 0 aliphatic rings. The maximum absolute atomic E-state index is 12.8. The van der Waals surface area contributed by atoms with Crippen LogP contribution >= 0.6 is 11.3 Å². The highest BCUT2D eigenvalue weighted by Crippen LogP contribution is 2.35. The van der Waals surface area contributed by atoms with Crippen LogP contribution in [0.2, 0.25) is 0 Å². The molecule has 1 aromatic heterocycles. The smallest absolute Gasteiger partial charge is 0.341 e. The third kappa shape index (κ3) is 4.09. The fraction of sp³-hybridized carbons (Fsp3) is 0.316. The van der Waals surface area contributed by atoms with Gasteiger partial charge < -0.3 is 24.4 Å². The van der Waals surface area contributed by atoms with Gasteiger partial charge >= 0.3 is 5.97 Å². The van der Waals surface area contributed by atoms with E-state index in [1.807, 2.05) is 0 Å². The Morgan fingerprint density at radius 2 is 1.75 bits per heavy atom. The second kappa shape index (κ2) is 8.75. The van der Waals surface area contributed by atoms with Gasteiger partial charge in [0, 0.05) is 20.2 Å². The van der Waals surface area contributed by atoms with E-state index in [-0.39, 0.29) is 22.0 Å². The van der Waals surface area contributed by atoms with Crippen molar-refractivity contribution in [3.05, 3.63) is 39.8 Å². The summed E-state index contributed by atoms with van der Waals surface area (Å²) in [6.07, 6.45) is 0. The molecule has 0 bridgehead atoms. The van der Waals surface area contributed by atoms with E-state index in [2.05, 4.69) is 5.32 Å². The molecule has 1 N–H and O–H groups in total. The van der Waals surface area contributed by atoms with Crippen molar-refractivity contribution in [2.45, 2.75) is 6.92 Å². The maximum atomic E-state index is 12.8. The summed E-state index contributed by atoms with van der Waals surface area (Å²) in [5.41, 5.74) is 0.858. The van der Waals surface area contributed by atoms with Crippen LogP contribution in [0.15, 0.2) is 18.2 Å². The molecule has 0 radical (unpaired) electrons. The molecule has 0 saturated carbocycles. The van der Waals surface area contributed by atoms with Crippen LogP contribution in [-0.2, 0) is 4.74 Å². The molecule has 0 unspecified atom stereocenters. The zero-order valence-electron chi connectivity index (χ0n) is 16.5. The van der Waals surface area contributed by atoms with Crippen molar-refractivity contribution in [3.63, 3.8) is 0 Å². The standard InChI is InChI=1S/C19H22N2O6S/c1-10-14(19(24)27-6)17(28-15(10)18(23)21(2)3)20-16(22)12-8-7-11(25-4)9-13(12)26-5/h7-9H,1-6H3,(H,20,22). The molecular formula is C19H22N2O6S. The molecule has 2 rings (SSSR count). The molecule has 2 amide bonds. The number of rotatable bonds is 6. The summed E-state index contributed by atoms with van der Waals surface area (Å²) in [6.45, 7) is 1.64. The average Bonchev–Trinajstić information content (AvgIpc) is 3.01. The predicted molar refractivity (Wildman–Crippen MR) is 106 cm³/mol. The molecule has 0 saturated heterocycles. The minimum Gasteiger partial charge on any atom is -0.497 e. The summed E-state index contributed by atoms with van der Waals surface area (Å²) >= 11 is 1.02. The van der Waals surface area contributed by atoms with Crippen LogP contribution in [0.4, 0.5) is 5.00 Å². The van der Waals surface area contributed by atoms with Gasteiger partial charge in [0.05, 0.1) is 37.3 Å². The van der Waals surface area contributed by atoms with Crippen molar-refractivity contribution in [1.29, 1.82) is 0 Å². The number of esters is 1. The lowest BCUT2D eigenvalue weighted by Crippen LogP contribution is -2.21. The van der Waals surface area contributed by atoms with Gasteiger partial charge in [0.25, 0.3) is 11.8 Å². The van der Waals surface area contributed by atoms with Gasteiger partial charge in [-0.2, -0.15) is 0 Å². The van der Waals surface area contributed by atoms with E-state index in [0.717, 1.165) is 11.3 Å². The van der Waals surface area contributed by atoms with Crippen LogP contribution in [-0.4, -0.2) is 58.1 Å². The van der Waals surface area contributed by atoms with Gasteiger partial charge in [0.2, 0.25) is 0 Å². The Morgan fingerprint density at radius 1 is 1.07 bits per heavy atom. The zero-order valence-corrected chi connectivity index (χ0v) is 17.4. The fourth-order valence-electron chi connectivity index (χ4n) is 2.51. The number of ether oxygens (including phenoxy) is 3. The summed E-state index contributed by atoms with van der Waals surface area (Å²) in [5.74, 6) is -0.544. The Labute approximate surface area is 167 Å². The van der Waals surface area contributed by atoms with Crippen molar-refractivity contribution in [2.75, 3.05) is 40.7 Å². The van der Waals surface area contributed by atoms with Crippen LogP contribution in [0.3, 0.4) is 0 Å². The molecule has 1 heterocycles. The van der Waals surface area contributed by atoms with E-state index >= 15 is 0 Å². The minimum absolute atomic E-state index is 0.151. The highest BCUT2D eigenvalue weighted by Gasteiger charge is 2.27. The average molecular weight is 406 g/mol. The SMILES string of the molecule is COC(=O)c1c(NC(=O)c2ccc(OC)cc2OC)sc(C(=O)N(C)C)c1C. The number of nitrogens with one attached hydrogen (secondary N) is 1. The van der Waals surface area contributed by atoms with Crippen molar-refractivity contribution < 1.29 is 28.6 Å². The molecule has 150 valence electrons. The molecule has 28 heavy (non-hydrogen) atoms. The van der Waals surface area contributed by atoms with Gasteiger partial charge in [-0.25, -0.2) is 4.79 Å².